The predicted octanol–water partition coefficient (Wildman–Crippen LogP) is 3.31. The van der Waals surface area contributed by atoms with Crippen molar-refractivity contribution in [2.75, 3.05) is 19.4 Å². The molecule has 0 radical (unpaired) electrons. The first-order valence-electron chi connectivity index (χ1n) is 8.03. The molecule has 0 aliphatic rings. The number of anilines is 1. The lowest BCUT2D eigenvalue weighted by Gasteiger charge is -2.15. The van der Waals surface area contributed by atoms with Crippen LogP contribution < -0.4 is 5.32 Å². The first kappa shape index (κ1) is 17.7. The number of aromatic nitrogens is 1. The molecule has 2 aromatic rings. The van der Waals surface area contributed by atoms with Crippen molar-refractivity contribution >= 4 is 17.5 Å². The molecule has 0 saturated heterocycles. The van der Waals surface area contributed by atoms with E-state index < -0.39 is 0 Å². The van der Waals surface area contributed by atoms with E-state index >= 15 is 0 Å². The molecule has 1 heterocycles. The van der Waals surface area contributed by atoms with Gasteiger partial charge in [-0.2, -0.15) is 0 Å². The van der Waals surface area contributed by atoms with Gasteiger partial charge in [0.1, 0.15) is 5.69 Å². The van der Waals surface area contributed by atoms with Crippen LogP contribution in [0.25, 0.3) is 0 Å². The first-order valence-corrected chi connectivity index (χ1v) is 8.03. The summed E-state index contributed by atoms with van der Waals surface area (Å²) in [5.74, 6) is -0.0853. The molecule has 0 saturated carbocycles. The Labute approximate surface area is 142 Å². The summed E-state index contributed by atoms with van der Waals surface area (Å²) in [4.78, 5) is 29.8. The number of pyridine rings is 1. The van der Waals surface area contributed by atoms with Crippen LogP contribution in [0, 0.1) is 0 Å². The van der Waals surface area contributed by atoms with Gasteiger partial charge in [-0.3, -0.25) is 14.6 Å². The fourth-order valence-electron chi connectivity index (χ4n) is 2.51. The summed E-state index contributed by atoms with van der Waals surface area (Å²) in [6.45, 7) is 2.07. The van der Waals surface area contributed by atoms with Crippen LogP contribution in [0.3, 0.4) is 0 Å². The van der Waals surface area contributed by atoms with Crippen LogP contribution in [-0.4, -0.2) is 35.8 Å². The van der Waals surface area contributed by atoms with E-state index in [-0.39, 0.29) is 17.7 Å². The van der Waals surface area contributed by atoms with Gasteiger partial charge in [0.05, 0.1) is 0 Å². The Morgan fingerprint density at radius 2 is 1.88 bits per heavy atom. The van der Waals surface area contributed by atoms with Crippen LogP contribution in [0.15, 0.2) is 48.7 Å². The number of carbonyl (C=O) groups is 2. The monoisotopic (exact) mass is 325 g/mol. The van der Waals surface area contributed by atoms with Gasteiger partial charge < -0.3 is 10.2 Å². The van der Waals surface area contributed by atoms with E-state index in [2.05, 4.69) is 17.2 Å². The maximum absolute atomic E-state index is 12.3. The molecule has 0 aliphatic carbocycles. The first-order chi connectivity index (χ1) is 11.5. The van der Waals surface area contributed by atoms with Crippen molar-refractivity contribution in [1.29, 1.82) is 0 Å². The minimum absolute atomic E-state index is 0.0693. The van der Waals surface area contributed by atoms with E-state index in [9.17, 15) is 9.59 Å². The predicted molar refractivity (Wildman–Crippen MR) is 95.0 cm³/mol. The normalized spacial score (nSPS) is 11.6. The molecule has 1 N–H and O–H groups in total. The smallest absolute Gasteiger partial charge is 0.272 e. The Balaban J connectivity index is 2.04. The molecule has 1 atom stereocenters. The van der Waals surface area contributed by atoms with Crippen LogP contribution in [0.1, 0.15) is 41.7 Å². The molecule has 5 heteroatoms. The summed E-state index contributed by atoms with van der Waals surface area (Å²) in [5, 5.41) is 2.86. The highest BCUT2D eigenvalue weighted by atomic mass is 16.2. The van der Waals surface area contributed by atoms with Gasteiger partial charge in [0.2, 0.25) is 5.91 Å². The van der Waals surface area contributed by atoms with Crippen molar-refractivity contribution in [1.82, 2.24) is 9.88 Å². The molecule has 126 valence electrons. The van der Waals surface area contributed by atoms with E-state index in [1.54, 1.807) is 26.2 Å². The number of nitrogens with one attached hydrogen (secondary N) is 1. The fourth-order valence-corrected chi connectivity index (χ4v) is 2.51. The summed E-state index contributed by atoms with van der Waals surface area (Å²) < 4.78 is 0. The SMILES string of the molecule is CC[C@H](CC(=O)Nc1ccnc(C(=O)N(C)C)c1)c1ccccc1. The molecule has 0 aliphatic heterocycles. The van der Waals surface area contributed by atoms with Gasteiger partial charge in [-0.1, -0.05) is 37.3 Å². The minimum Gasteiger partial charge on any atom is -0.343 e. The summed E-state index contributed by atoms with van der Waals surface area (Å²) in [6.07, 6.45) is 2.82. The molecule has 5 nitrogen and oxygen atoms in total. The van der Waals surface area contributed by atoms with Gasteiger partial charge in [0, 0.05) is 32.4 Å². The molecule has 0 bridgehead atoms. The molecule has 2 amide bonds. The number of hydrogen-bond acceptors (Lipinski definition) is 3. The molecule has 0 fully saturated rings. The van der Waals surface area contributed by atoms with Crippen molar-refractivity contribution < 1.29 is 9.59 Å². The van der Waals surface area contributed by atoms with E-state index in [0.29, 0.717) is 17.8 Å². The Morgan fingerprint density at radius 3 is 2.50 bits per heavy atom. The molecule has 0 unspecified atom stereocenters. The van der Waals surface area contributed by atoms with Crippen molar-refractivity contribution in [3.8, 4) is 0 Å². The highest BCUT2D eigenvalue weighted by molar-refractivity contribution is 5.95. The van der Waals surface area contributed by atoms with Crippen molar-refractivity contribution in [2.45, 2.75) is 25.7 Å². The number of amides is 2. The molecular formula is C19H23N3O2. The molecule has 24 heavy (non-hydrogen) atoms. The highest BCUT2D eigenvalue weighted by Crippen LogP contribution is 2.23. The number of carbonyl (C=O) groups excluding carboxylic acids is 2. The molecule has 1 aromatic heterocycles. The largest absolute Gasteiger partial charge is 0.343 e. The standard InChI is InChI=1S/C19H23N3O2/c1-4-14(15-8-6-5-7-9-15)12-18(23)21-16-10-11-20-17(13-16)19(24)22(2)3/h5-11,13-14H,4,12H2,1-3H3,(H,20,21,23)/t14-/m1/s1. The lowest BCUT2D eigenvalue weighted by Crippen LogP contribution is -2.23. The average Bonchev–Trinajstić information content (AvgIpc) is 2.59. The maximum Gasteiger partial charge on any atom is 0.272 e. The Hall–Kier alpha value is -2.69. The third kappa shape index (κ3) is 4.65. The Morgan fingerprint density at radius 1 is 1.17 bits per heavy atom. The third-order valence-corrected chi connectivity index (χ3v) is 3.86. The Bertz CT molecular complexity index is 699. The number of hydrogen-bond donors (Lipinski definition) is 1. The zero-order valence-corrected chi connectivity index (χ0v) is 14.3. The molecular weight excluding hydrogens is 302 g/mol. The average molecular weight is 325 g/mol. The van der Waals surface area contributed by atoms with Crippen LogP contribution in [-0.2, 0) is 4.79 Å². The summed E-state index contributed by atoms with van der Waals surface area (Å²) in [5.41, 5.74) is 2.06. The van der Waals surface area contributed by atoms with Gasteiger partial charge >= 0.3 is 0 Å². The zero-order valence-electron chi connectivity index (χ0n) is 14.3. The molecule has 2 rings (SSSR count). The van der Waals surface area contributed by atoms with Crippen LogP contribution >= 0.6 is 0 Å². The number of benzene rings is 1. The number of nitrogens with zero attached hydrogens (tertiary/aromatic N) is 2. The van der Waals surface area contributed by atoms with Crippen LogP contribution in [0.2, 0.25) is 0 Å². The second kappa shape index (κ2) is 8.24. The van der Waals surface area contributed by atoms with Gasteiger partial charge in [-0.15, -0.1) is 0 Å². The van der Waals surface area contributed by atoms with Gasteiger partial charge in [-0.25, -0.2) is 0 Å². The minimum atomic E-state index is -0.193. The quantitative estimate of drug-likeness (QED) is 0.886. The van der Waals surface area contributed by atoms with E-state index in [0.717, 1.165) is 12.0 Å². The van der Waals surface area contributed by atoms with Gasteiger partial charge in [-0.05, 0) is 30.0 Å². The lowest BCUT2D eigenvalue weighted by molar-refractivity contribution is -0.116. The second-order valence-corrected chi connectivity index (χ2v) is 5.90. The fraction of sp³-hybridized carbons (Fsp3) is 0.316. The van der Waals surface area contributed by atoms with E-state index in [1.807, 2.05) is 30.3 Å². The van der Waals surface area contributed by atoms with Crippen molar-refractivity contribution in [2.24, 2.45) is 0 Å². The lowest BCUT2D eigenvalue weighted by atomic mass is 9.93. The topological polar surface area (TPSA) is 62.3 Å². The van der Waals surface area contributed by atoms with E-state index in [1.165, 1.54) is 11.1 Å². The second-order valence-electron chi connectivity index (χ2n) is 5.90. The summed E-state index contributed by atoms with van der Waals surface area (Å²) >= 11 is 0. The maximum atomic E-state index is 12.3. The summed E-state index contributed by atoms with van der Waals surface area (Å²) in [7, 11) is 3.34. The number of rotatable bonds is 6. The Kier molecular flexibility index (Phi) is 6.07. The van der Waals surface area contributed by atoms with Crippen molar-refractivity contribution in [3.63, 3.8) is 0 Å². The highest BCUT2D eigenvalue weighted by Gasteiger charge is 2.15. The summed E-state index contributed by atoms with van der Waals surface area (Å²) in [6, 6.07) is 13.3. The molecule has 1 aromatic carbocycles. The van der Waals surface area contributed by atoms with E-state index in [4.69, 9.17) is 0 Å². The van der Waals surface area contributed by atoms with Gasteiger partial charge in [0.25, 0.3) is 5.91 Å². The zero-order chi connectivity index (χ0) is 17.5. The van der Waals surface area contributed by atoms with Crippen LogP contribution in [0.5, 0.6) is 0 Å². The molecule has 0 spiro atoms. The van der Waals surface area contributed by atoms with Gasteiger partial charge in [0.15, 0.2) is 0 Å². The van der Waals surface area contributed by atoms with Crippen molar-refractivity contribution in [3.05, 3.63) is 59.9 Å². The van der Waals surface area contributed by atoms with Crippen LogP contribution in [0.4, 0.5) is 5.69 Å². The third-order valence-electron chi connectivity index (χ3n) is 3.86.